The topological polar surface area (TPSA) is 199 Å². The maximum absolute atomic E-state index is 12.8. The summed E-state index contributed by atoms with van der Waals surface area (Å²) in [5.74, 6) is 4.91. The summed E-state index contributed by atoms with van der Waals surface area (Å²) in [4.78, 5) is 35.1. The lowest BCUT2D eigenvalue weighted by atomic mass is 9.47. The molecule has 0 aliphatic heterocycles. The van der Waals surface area contributed by atoms with E-state index in [0.29, 0.717) is 57.5 Å². The highest BCUT2D eigenvalue weighted by atomic mass is 33.1. The second-order valence-electron chi connectivity index (χ2n) is 14.7. The predicted molar refractivity (Wildman–Crippen MR) is 200 cm³/mol. The Labute approximate surface area is 295 Å². The summed E-state index contributed by atoms with van der Waals surface area (Å²) < 4.78 is 5.91. The van der Waals surface area contributed by atoms with E-state index in [-0.39, 0.29) is 35.6 Å². The molecular weight excluding hydrogens is 647 g/mol. The van der Waals surface area contributed by atoms with Crippen molar-refractivity contribution in [2.75, 3.05) is 50.8 Å². The standard InChI is InChI=1S/C34H61N9O3S2/c1-23-6-9-27-26-8-7-24-22-25(10-12-34(24,3)28(26)11-13-33(23,27)2)46-32(45)42-17-21-48-47-20-16-41-31(44)43(18-4-14-39-29(35)36)19-5-15-40-30(37)38/h7,23,25-28H,4-6,8-22H2,1-3H3,(H,41,44)(H,42,45)(H4,35,36,39)(H4,37,38,40). The van der Waals surface area contributed by atoms with Gasteiger partial charge in [0, 0.05) is 57.2 Å². The average molecular weight is 708 g/mol. The van der Waals surface area contributed by atoms with Gasteiger partial charge in [0.15, 0.2) is 11.9 Å². The molecule has 7 atom stereocenters. The van der Waals surface area contributed by atoms with Gasteiger partial charge in [0.25, 0.3) is 0 Å². The Hall–Kier alpha value is -2.48. The van der Waals surface area contributed by atoms with Gasteiger partial charge in [0.1, 0.15) is 6.10 Å². The monoisotopic (exact) mass is 707 g/mol. The number of nitrogens with one attached hydrogen (secondary N) is 2. The Kier molecular flexibility index (Phi) is 14.3. The summed E-state index contributed by atoms with van der Waals surface area (Å²) in [6, 6.07) is -0.142. The third-order valence-corrected chi connectivity index (χ3v) is 14.3. The highest BCUT2D eigenvalue weighted by Crippen LogP contribution is 2.66. The van der Waals surface area contributed by atoms with Crippen LogP contribution >= 0.6 is 21.6 Å². The third-order valence-electron chi connectivity index (χ3n) is 11.9. The Morgan fingerprint density at radius 2 is 1.56 bits per heavy atom. The van der Waals surface area contributed by atoms with Gasteiger partial charge in [-0.2, -0.15) is 0 Å². The molecule has 0 aromatic carbocycles. The van der Waals surface area contributed by atoms with Crippen molar-refractivity contribution in [3.05, 3.63) is 11.6 Å². The second-order valence-corrected chi connectivity index (χ2v) is 17.4. The number of urea groups is 1. The van der Waals surface area contributed by atoms with Crippen LogP contribution in [0.2, 0.25) is 0 Å². The highest BCUT2D eigenvalue weighted by molar-refractivity contribution is 8.76. The van der Waals surface area contributed by atoms with Crippen LogP contribution in [-0.4, -0.2) is 85.8 Å². The molecule has 4 aliphatic rings. The number of hydrogen-bond acceptors (Lipinski definition) is 7. The lowest BCUT2D eigenvalue weighted by Gasteiger charge is -2.58. The minimum Gasteiger partial charge on any atom is -0.446 e. The number of nitrogens with two attached hydrogens (primary N) is 4. The summed E-state index contributed by atoms with van der Waals surface area (Å²) >= 11 is 0. The molecule has 10 N–H and O–H groups in total. The van der Waals surface area contributed by atoms with Crippen LogP contribution in [0.25, 0.3) is 0 Å². The number of alkyl carbamates (subject to hydrolysis) is 1. The van der Waals surface area contributed by atoms with Gasteiger partial charge in [-0.15, -0.1) is 0 Å². The number of rotatable bonds is 16. The Morgan fingerprint density at radius 3 is 2.21 bits per heavy atom. The molecule has 48 heavy (non-hydrogen) atoms. The maximum Gasteiger partial charge on any atom is 0.407 e. The van der Waals surface area contributed by atoms with Crippen LogP contribution < -0.4 is 33.6 Å². The van der Waals surface area contributed by atoms with E-state index in [1.165, 1.54) is 32.1 Å². The van der Waals surface area contributed by atoms with Crippen LogP contribution in [0.3, 0.4) is 0 Å². The molecule has 0 bridgehead atoms. The molecule has 3 amide bonds. The van der Waals surface area contributed by atoms with Crippen LogP contribution in [0.5, 0.6) is 0 Å². The van der Waals surface area contributed by atoms with Gasteiger partial charge in [-0.25, -0.2) is 9.59 Å². The van der Waals surface area contributed by atoms with Crippen molar-refractivity contribution in [1.29, 1.82) is 0 Å². The van der Waals surface area contributed by atoms with Crippen molar-refractivity contribution in [1.82, 2.24) is 15.5 Å². The molecular formula is C34H61N9O3S2. The molecule has 14 heteroatoms. The molecule has 0 saturated heterocycles. The molecule has 272 valence electrons. The summed E-state index contributed by atoms with van der Waals surface area (Å²) in [7, 11) is 3.33. The number of ether oxygens (including phenoxy) is 1. The second kappa shape index (κ2) is 18.0. The zero-order valence-electron chi connectivity index (χ0n) is 29.4. The predicted octanol–water partition coefficient (Wildman–Crippen LogP) is 4.40. The summed E-state index contributed by atoms with van der Waals surface area (Å²) in [5, 5.41) is 5.91. The van der Waals surface area contributed by atoms with E-state index < -0.39 is 0 Å². The van der Waals surface area contributed by atoms with Gasteiger partial charge < -0.3 is 43.2 Å². The van der Waals surface area contributed by atoms with E-state index in [9.17, 15) is 9.59 Å². The van der Waals surface area contributed by atoms with E-state index in [1.807, 2.05) is 0 Å². The molecule has 0 aromatic heterocycles. The van der Waals surface area contributed by atoms with Crippen LogP contribution in [0.4, 0.5) is 9.59 Å². The zero-order chi connectivity index (χ0) is 34.7. The van der Waals surface area contributed by atoms with Gasteiger partial charge in [0.05, 0.1) is 0 Å². The fraction of sp³-hybridized carbons (Fsp3) is 0.824. The highest BCUT2D eigenvalue weighted by Gasteiger charge is 2.57. The van der Waals surface area contributed by atoms with Gasteiger partial charge >= 0.3 is 12.1 Å². The minimum atomic E-state index is -0.316. The molecule has 0 heterocycles. The molecule has 0 radical (unpaired) electrons. The SMILES string of the molecule is CC1CCC2C3CC=C4CC(OC(=O)NCCSSCCNC(=O)N(CCCN=C(N)N)CCCN=C(N)N)CCC4(C)C3CCC12C. The van der Waals surface area contributed by atoms with Crippen LogP contribution in [0, 0.1) is 34.5 Å². The first kappa shape index (κ1) is 38.3. The molecule has 3 fully saturated rings. The normalized spacial score (nSPS) is 30.5. The van der Waals surface area contributed by atoms with Crippen LogP contribution in [0.1, 0.15) is 85.0 Å². The molecule has 7 unspecified atom stereocenters. The van der Waals surface area contributed by atoms with Crippen molar-refractivity contribution in [2.45, 2.75) is 91.1 Å². The first-order valence-electron chi connectivity index (χ1n) is 18.0. The smallest absolute Gasteiger partial charge is 0.407 e. The number of fused-ring (bicyclic) bond motifs is 5. The van der Waals surface area contributed by atoms with E-state index in [0.717, 1.165) is 54.4 Å². The summed E-state index contributed by atoms with van der Waals surface area (Å²) in [5.41, 5.74) is 23.9. The minimum absolute atomic E-state index is 0.0375. The van der Waals surface area contributed by atoms with Crippen LogP contribution in [-0.2, 0) is 4.74 Å². The number of guanidine groups is 2. The maximum atomic E-state index is 12.8. The third kappa shape index (κ3) is 10.0. The quantitative estimate of drug-likeness (QED) is 0.0442. The van der Waals surface area contributed by atoms with E-state index in [2.05, 4.69) is 47.5 Å². The Bertz CT molecular complexity index is 1150. The van der Waals surface area contributed by atoms with Crippen LogP contribution in [0.15, 0.2) is 21.6 Å². The summed E-state index contributed by atoms with van der Waals surface area (Å²) in [6.07, 6.45) is 13.2. The van der Waals surface area contributed by atoms with Gasteiger partial charge in [-0.1, -0.05) is 54.0 Å². The fourth-order valence-corrected chi connectivity index (χ4v) is 10.9. The van der Waals surface area contributed by atoms with Crippen molar-refractivity contribution < 1.29 is 14.3 Å². The van der Waals surface area contributed by atoms with Gasteiger partial charge in [-0.05, 0) is 92.3 Å². The lowest BCUT2D eigenvalue weighted by Crippen LogP contribution is -2.50. The largest absolute Gasteiger partial charge is 0.446 e. The lowest BCUT2D eigenvalue weighted by molar-refractivity contribution is -0.0485. The van der Waals surface area contributed by atoms with Crippen molar-refractivity contribution >= 4 is 45.6 Å². The molecule has 4 aliphatic carbocycles. The zero-order valence-corrected chi connectivity index (χ0v) is 31.0. The first-order valence-corrected chi connectivity index (χ1v) is 20.4. The summed E-state index contributed by atoms with van der Waals surface area (Å²) in [6.45, 7) is 10.6. The molecule has 3 saturated carbocycles. The van der Waals surface area contributed by atoms with Crippen molar-refractivity contribution in [3.63, 3.8) is 0 Å². The molecule has 0 aromatic rings. The van der Waals surface area contributed by atoms with Crippen molar-refractivity contribution in [2.24, 2.45) is 67.4 Å². The molecule has 12 nitrogen and oxygen atoms in total. The number of nitrogens with zero attached hydrogens (tertiary/aromatic N) is 3. The number of carbonyl (C=O) groups is 2. The molecule has 0 spiro atoms. The first-order chi connectivity index (χ1) is 22.9. The van der Waals surface area contributed by atoms with E-state index in [4.69, 9.17) is 27.7 Å². The number of carbonyl (C=O) groups excluding carboxylic acids is 2. The number of aliphatic imine (C=N–C) groups is 2. The average Bonchev–Trinajstić information content (AvgIpc) is 3.35. The van der Waals surface area contributed by atoms with Crippen molar-refractivity contribution in [3.8, 4) is 0 Å². The van der Waals surface area contributed by atoms with Gasteiger partial charge in [0.2, 0.25) is 0 Å². The van der Waals surface area contributed by atoms with E-state index in [1.54, 1.807) is 32.1 Å². The Morgan fingerprint density at radius 1 is 0.917 bits per heavy atom. The number of allylic oxidation sites excluding steroid dienone is 1. The number of hydrogen-bond donors (Lipinski definition) is 6. The number of amides is 3. The van der Waals surface area contributed by atoms with Gasteiger partial charge in [-0.3, -0.25) is 9.98 Å². The molecule has 4 rings (SSSR count). The van der Waals surface area contributed by atoms with E-state index >= 15 is 0 Å². The Balaban J connectivity index is 1.09. The fourth-order valence-electron chi connectivity index (χ4n) is 9.06.